The Morgan fingerprint density at radius 1 is 0.759 bits per heavy atom. The molecule has 0 unspecified atom stereocenters. The molecule has 0 saturated heterocycles. The monoisotopic (exact) mass is 389 g/mol. The van der Waals surface area contributed by atoms with Gasteiger partial charge in [0.15, 0.2) is 0 Å². The number of nitrogens with one attached hydrogen (secondary N) is 3. The number of fused-ring (bicyclic) bond motifs is 1. The Morgan fingerprint density at radius 2 is 1.45 bits per heavy atom. The van der Waals surface area contributed by atoms with Crippen LogP contribution in [0, 0.1) is 0 Å². The third kappa shape index (κ3) is 5.42. The van der Waals surface area contributed by atoms with Crippen molar-refractivity contribution in [3.05, 3.63) is 77.9 Å². The molecule has 6 heteroatoms. The van der Waals surface area contributed by atoms with Crippen LogP contribution in [0.5, 0.6) is 0 Å². The van der Waals surface area contributed by atoms with Crippen molar-refractivity contribution in [1.82, 2.24) is 10.6 Å². The highest BCUT2D eigenvalue weighted by Gasteiger charge is 2.11. The molecule has 0 heterocycles. The molecule has 6 nitrogen and oxygen atoms in total. The lowest BCUT2D eigenvalue weighted by Crippen LogP contribution is -2.40. The summed E-state index contributed by atoms with van der Waals surface area (Å²) in [7, 11) is 0. The number of hydrogen-bond donors (Lipinski definition) is 3. The SMILES string of the molecule is CCc1ccccc1NC(=O)CNC(=O)CNC(=O)c1ccc2ccccc2c1. The van der Waals surface area contributed by atoms with Gasteiger partial charge in [-0.15, -0.1) is 0 Å². The van der Waals surface area contributed by atoms with E-state index in [1.54, 1.807) is 12.1 Å². The van der Waals surface area contributed by atoms with Gasteiger partial charge in [0, 0.05) is 11.3 Å². The molecule has 148 valence electrons. The van der Waals surface area contributed by atoms with E-state index >= 15 is 0 Å². The van der Waals surface area contributed by atoms with Gasteiger partial charge in [0.05, 0.1) is 13.1 Å². The van der Waals surface area contributed by atoms with Crippen LogP contribution in [-0.4, -0.2) is 30.8 Å². The van der Waals surface area contributed by atoms with Gasteiger partial charge in [-0.1, -0.05) is 55.5 Å². The number of aryl methyl sites for hydroxylation is 1. The summed E-state index contributed by atoms with van der Waals surface area (Å²) in [4.78, 5) is 36.3. The molecule has 0 radical (unpaired) electrons. The van der Waals surface area contributed by atoms with E-state index in [4.69, 9.17) is 0 Å². The van der Waals surface area contributed by atoms with Crippen LogP contribution in [0.1, 0.15) is 22.8 Å². The molecular formula is C23H23N3O3. The molecule has 29 heavy (non-hydrogen) atoms. The van der Waals surface area contributed by atoms with Crippen molar-refractivity contribution in [2.75, 3.05) is 18.4 Å². The molecule has 0 bridgehead atoms. The van der Waals surface area contributed by atoms with Gasteiger partial charge in [-0.3, -0.25) is 14.4 Å². The Balaban J connectivity index is 1.46. The van der Waals surface area contributed by atoms with E-state index in [1.807, 2.05) is 61.5 Å². The summed E-state index contributed by atoms with van der Waals surface area (Å²) in [6.07, 6.45) is 0.795. The summed E-state index contributed by atoms with van der Waals surface area (Å²) >= 11 is 0. The van der Waals surface area contributed by atoms with Gasteiger partial charge in [0.25, 0.3) is 5.91 Å². The minimum atomic E-state index is -0.432. The number of carbonyl (C=O) groups excluding carboxylic acids is 3. The lowest BCUT2D eigenvalue weighted by molar-refractivity contribution is -0.123. The number of hydrogen-bond acceptors (Lipinski definition) is 3. The average Bonchev–Trinajstić information content (AvgIpc) is 2.76. The van der Waals surface area contributed by atoms with Gasteiger partial charge in [-0.25, -0.2) is 0 Å². The van der Waals surface area contributed by atoms with Crippen molar-refractivity contribution in [1.29, 1.82) is 0 Å². The van der Waals surface area contributed by atoms with Crippen LogP contribution >= 0.6 is 0 Å². The molecule has 0 fully saturated rings. The van der Waals surface area contributed by atoms with Gasteiger partial charge in [-0.05, 0) is 41.0 Å². The first kappa shape index (κ1) is 20.1. The minimum Gasteiger partial charge on any atom is -0.345 e. The number of anilines is 1. The van der Waals surface area contributed by atoms with Gasteiger partial charge in [-0.2, -0.15) is 0 Å². The molecule has 0 aliphatic carbocycles. The summed E-state index contributed by atoms with van der Waals surface area (Å²) < 4.78 is 0. The maximum Gasteiger partial charge on any atom is 0.251 e. The fourth-order valence-electron chi connectivity index (χ4n) is 2.98. The van der Waals surface area contributed by atoms with E-state index in [0.29, 0.717) is 5.56 Å². The van der Waals surface area contributed by atoms with E-state index in [0.717, 1.165) is 28.4 Å². The maximum absolute atomic E-state index is 12.3. The molecule has 0 aliphatic heterocycles. The second kappa shape index (κ2) is 9.50. The third-order valence-corrected chi connectivity index (χ3v) is 4.54. The van der Waals surface area contributed by atoms with Gasteiger partial charge in [0.2, 0.25) is 11.8 Å². The third-order valence-electron chi connectivity index (χ3n) is 4.54. The summed E-state index contributed by atoms with van der Waals surface area (Å²) in [5.41, 5.74) is 2.24. The van der Waals surface area contributed by atoms with E-state index in [9.17, 15) is 14.4 Å². The van der Waals surface area contributed by atoms with Crippen LogP contribution in [0.2, 0.25) is 0 Å². The highest BCUT2D eigenvalue weighted by atomic mass is 16.2. The number of amides is 3. The zero-order valence-corrected chi connectivity index (χ0v) is 16.2. The minimum absolute atomic E-state index is 0.164. The van der Waals surface area contributed by atoms with E-state index in [2.05, 4.69) is 16.0 Å². The summed E-state index contributed by atoms with van der Waals surface area (Å²) in [5, 5.41) is 9.86. The van der Waals surface area contributed by atoms with Gasteiger partial charge < -0.3 is 16.0 Å². The molecule has 3 aromatic carbocycles. The topological polar surface area (TPSA) is 87.3 Å². The second-order valence-corrected chi connectivity index (χ2v) is 6.58. The van der Waals surface area contributed by atoms with E-state index in [1.165, 1.54) is 0 Å². The molecule has 3 rings (SSSR count). The van der Waals surface area contributed by atoms with Crippen molar-refractivity contribution < 1.29 is 14.4 Å². The second-order valence-electron chi connectivity index (χ2n) is 6.58. The van der Waals surface area contributed by atoms with Crippen LogP contribution in [0.3, 0.4) is 0 Å². The first-order chi connectivity index (χ1) is 14.1. The van der Waals surface area contributed by atoms with Crippen molar-refractivity contribution in [3.8, 4) is 0 Å². The zero-order valence-electron chi connectivity index (χ0n) is 16.2. The molecule has 0 saturated carbocycles. The highest BCUT2D eigenvalue weighted by molar-refractivity contribution is 6.00. The van der Waals surface area contributed by atoms with Crippen molar-refractivity contribution >= 4 is 34.2 Å². The smallest absolute Gasteiger partial charge is 0.251 e. The quantitative estimate of drug-likeness (QED) is 0.581. The lowest BCUT2D eigenvalue weighted by atomic mass is 10.1. The number of carbonyl (C=O) groups is 3. The number of rotatable bonds is 7. The number of para-hydroxylation sites is 1. The fourth-order valence-corrected chi connectivity index (χ4v) is 2.98. The Labute approximate surface area is 169 Å². The Kier molecular flexibility index (Phi) is 6.58. The number of benzene rings is 3. The van der Waals surface area contributed by atoms with Crippen molar-refractivity contribution in [3.63, 3.8) is 0 Å². The maximum atomic E-state index is 12.3. The molecule has 0 aromatic heterocycles. The molecule has 3 aromatic rings. The first-order valence-corrected chi connectivity index (χ1v) is 9.48. The van der Waals surface area contributed by atoms with Crippen LogP contribution in [-0.2, 0) is 16.0 Å². The molecule has 3 amide bonds. The lowest BCUT2D eigenvalue weighted by Gasteiger charge is -2.11. The van der Waals surface area contributed by atoms with Crippen molar-refractivity contribution in [2.24, 2.45) is 0 Å². The summed E-state index contributed by atoms with van der Waals surface area (Å²) in [5.74, 6) is -1.09. The summed E-state index contributed by atoms with van der Waals surface area (Å²) in [6.45, 7) is 1.64. The van der Waals surface area contributed by atoms with Crippen molar-refractivity contribution in [2.45, 2.75) is 13.3 Å². The van der Waals surface area contributed by atoms with E-state index in [-0.39, 0.29) is 24.9 Å². The van der Waals surface area contributed by atoms with E-state index < -0.39 is 5.91 Å². The van der Waals surface area contributed by atoms with Crippen LogP contribution < -0.4 is 16.0 Å². The fraction of sp³-hybridized carbons (Fsp3) is 0.174. The normalized spacial score (nSPS) is 10.4. The summed E-state index contributed by atoms with van der Waals surface area (Å²) in [6, 6.07) is 20.6. The predicted molar refractivity (Wildman–Crippen MR) is 114 cm³/mol. The standard InChI is InChI=1S/C23H23N3O3/c1-2-16-7-5-6-10-20(16)26-22(28)15-24-21(27)14-25-23(29)19-12-11-17-8-3-4-9-18(17)13-19/h3-13H,2,14-15H2,1H3,(H,24,27)(H,25,29)(H,26,28). The van der Waals surface area contributed by atoms with Crippen LogP contribution in [0.15, 0.2) is 66.7 Å². The Hall–Kier alpha value is -3.67. The first-order valence-electron chi connectivity index (χ1n) is 9.48. The Bertz CT molecular complexity index is 1050. The van der Waals surface area contributed by atoms with Crippen LogP contribution in [0.25, 0.3) is 10.8 Å². The highest BCUT2D eigenvalue weighted by Crippen LogP contribution is 2.16. The molecule has 0 spiro atoms. The molecular weight excluding hydrogens is 366 g/mol. The molecule has 0 atom stereocenters. The Morgan fingerprint density at radius 3 is 2.24 bits per heavy atom. The largest absolute Gasteiger partial charge is 0.345 e. The van der Waals surface area contributed by atoms with Gasteiger partial charge >= 0.3 is 0 Å². The molecule has 3 N–H and O–H groups in total. The predicted octanol–water partition coefficient (Wildman–Crippen LogP) is 2.89. The zero-order chi connectivity index (χ0) is 20.6. The van der Waals surface area contributed by atoms with Gasteiger partial charge in [0.1, 0.15) is 0 Å². The molecule has 0 aliphatic rings. The average molecular weight is 389 g/mol. The van der Waals surface area contributed by atoms with Crippen LogP contribution in [0.4, 0.5) is 5.69 Å².